The predicted molar refractivity (Wildman–Crippen MR) is 80.2 cm³/mol. The first-order valence-corrected chi connectivity index (χ1v) is 7.39. The van der Waals surface area contributed by atoms with Gasteiger partial charge in [0, 0.05) is 22.9 Å². The van der Waals surface area contributed by atoms with Crippen molar-refractivity contribution in [3.63, 3.8) is 0 Å². The maximum atomic E-state index is 10.4. The van der Waals surface area contributed by atoms with Gasteiger partial charge in [-0.05, 0) is 18.9 Å². The second-order valence-corrected chi connectivity index (χ2v) is 5.43. The van der Waals surface area contributed by atoms with Crippen LogP contribution in [0.5, 0.6) is 0 Å². The molecule has 0 atom stereocenters. The van der Waals surface area contributed by atoms with Crippen molar-refractivity contribution in [3.05, 3.63) is 47.0 Å². The van der Waals surface area contributed by atoms with E-state index in [-0.39, 0.29) is 6.42 Å². The molecule has 2 rings (SSSR count). The van der Waals surface area contributed by atoms with E-state index < -0.39 is 12.3 Å². The molecule has 0 radical (unpaired) electrons. The van der Waals surface area contributed by atoms with Crippen LogP contribution in [0.2, 0.25) is 5.02 Å². The summed E-state index contributed by atoms with van der Waals surface area (Å²) in [5.74, 6) is -0.476. The first-order chi connectivity index (χ1) is 10.2. The van der Waals surface area contributed by atoms with Gasteiger partial charge in [0.05, 0.1) is 13.2 Å². The molecule has 1 aromatic carbocycles. The van der Waals surface area contributed by atoms with Crippen LogP contribution >= 0.6 is 11.6 Å². The topological polar surface area (TPSA) is 55.8 Å². The van der Waals surface area contributed by atoms with E-state index in [0.717, 1.165) is 12.0 Å². The Morgan fingerprint density at radius 2 is 2.00 bits per heavy atom. The first-order valence-electron chi connectivity index (χ1n) is 7.01. The van der Waals surface area contributed by atoms with E-state index in [2.05, 4.69) is 0 Å². The minimum atomic E-state index is -0.772. The van der Waals surface area contributed by atoms with E-state index in [1.807, 2.05) is 36.4 Å². The van der Waals surface area contributed by atoms with Gasteiger partial charge in [0.2, 0.25) is 0 Å². The molecule has 1 heterocycles. The Hall–Kier alpha value is -1.36. The number of rotatable bonds is 6. The lowest BCUT2D eigenvalue weighted by Crippen LogP contribution is -2.26. The maximum Gasteiger partial charge on any atom is 0.303 e. The molecule has 0 aliphatic carbocycles. The number of carboxylic acids is 1. The van der Waals surface area contributed by atoms with Crippen LogP contribution in [0.1, 0.15) is 31.1 Å². The van der Waals surface area contributed by atoms with Crippen molar-refractivity contribution in [2.45, 2.75) is 25.6 Å². The van der Waals surface area contributed by atoms with Gasteiger partial charge < -0.3 is 14.6 Å². The summed E-state index contributed by atoms with van der Waals surface area (Å²) in [4.78, 5) is 10.4. The number of carboxylic acid groups (broad SMARTS) is 1. The normalized spacial score (nSPS) is 22.5. The van der Waals surface area contributed by atoms with Gasteiger partial charge in [-0.25, -0.2) is 0 Å². The standard InChI is InChI=1S/C16H19ClO4/c17-14-8-5-4-7-13(14)16-20-10-12(11-21-16)6-2-1-3-9-15(18)19/h1-2,4-5,7-8,12,16H,3,6,9-11H2,(H,18,19)/b2-1-. The van der Waals surface area contributed by atoms with Gasteiger partial charge in [0.15, 0.2) is 6.29 Å². The highest BCUT2D eigenvalue weighted by atomic mass is 35.5. The molecule has 1 aliphatic rings. The lowest BCUT2D eigenvalue weighted by molar-refractivity contribution is -0.204. The fraction of sp³-hybridized carbons (Fsp3) is 0.438. The summed E-state index contributed by atoms with van der Waals surface area (Å²) in [5, 5.41) is 9.18. The molecule has 1 aromatic rings. The smallest absolute Gasteiger partial charge is 0.303 e. The summed E-state index contributed by atoms with van der Waals surface area (Å²) in [6.07, 6.45) is 5.06. The third-order valence-corrected chi connectivity index (χ3v) is 3.63. The summed E-state index contributed by atoms with van der Waals surface area (Å²) in [5.41, 5.74) is 0.856. The summed E-state index contributed by atoms with van der Waals surface area (Å²) < 4.78 is 11.4. The van der Waals surface area contributed by atoms with Crippen LogP contribution in [-0.4, -0.2) is 24.3 Å². The molecule has 0 aromatic heterocycles. The van der Waals surface area contributed by atoms with Gasteiger partial charge in [0.25, 0.3) is 0 Å². The van der Waals surface area contributed by atoms with Gasteiger partial charge in [0.1, 0.15) is 0 Å². The average molecular weight is 311 g/mol. The molecular formula is C16H19ClO4. The third-order valence-electron chi connectivity index (χ3n) is 3.29. The number of allylic oxidation sites excluding steroid dienone is 2. The molecule has 1 aliphatic heterocycles. The third kappa shape index (κ3) is 5.16. The second-order valence-electron chi connectivity index (χ2n) is 5.03. The Labute approximate surface area is 129 Å². The van der Waals surface area contributed by atoms with Crippen molar-refractivity contribution in [1.82, 2.24) is 0 Å². The van der Waals surface area contributed by atoms with Crippen LogP contribution in [0.15, 0.2) is 36.4 Å². The monoisotopic (exact) mass is 310 g/mol. The summed E-state index contributed by atoms with van der Waals surface area (Å²) in [6.45, 7) is 1.22. The quantitative estimate of drug-likeness (QED) is 0.812. The molecular weight excluding hydrogens is 292 g/mol. The minimum absolute atomic E-state index is 0.169. The van der Waals surface area contributed by atoms with Crippen LogP contribution in [0, 0.1) is 5.92 Å². The molecule has 0 bridgehead atoms. The highest BCUT2D eigenvalue weighted by molar-refractivity contribution is 6.31. The Morgan fingerprint density at radius 3 is 2.67 bits per heavy atom. The largest absolute Gasteiger partial charge is 0.481 e. The number of ether oxygens (including phenoxy) is 2. The molecule has 0 spiro atoms. The molecule has 1 saturated heterocycles. The van der Waals surface area contributed by atoms with Crippen molar-refractivity contribution in [2.24, 2.45) is 5.92 Å². The van der Waals surface area contributed by atoms with E-state index in [0.29, 0.717) is 30.6 Å². The first kappa shape index (κ1) is 16.0. The maximum absolute atomic E-state index is 10.4. The zero-order chi connectivity index (χ0) is 15.1. The Kier molecular flexibility index (Phi) is 6.23. The molecule has 0 saturated carbocycles. The molecule has 4 nitrogen and oxygen atoms in total. The minimum Gasteiger partial charge on any atom is -0.481 e. The Morgan fingerprint density at radius 1 is 1.29 bits per heavy atom. The fourth-order valence-corrected chi connectivity index (χ4v) is 2.36. The Balaban J connectivity index is 1.73. The molecule has 21 heavy (non-hydrogen) atoms. The van der Waals surface area contributed by atoms with Gasteiger partial charge >= 0.3 is 5.97 Å². The lowest BCUT2D eigenvalue weighted by atomic mass is 10.1. The predicted octanol–water partition coefficient (Wildman–Crippen LogP) is 3.81. The van der Waals surface area contributed by atoms with Crippen LogP contribution < -0.4 is 0 Å². The molecule has 114 valence electrons. The Bertz CT molecular complexity index is 493. The SMILES string of the molecule is O=C(O)CC/C=C\CC1COC(c2ccccc2Cl)OC1. The van der Waals surface area contributed by atoms with Gasteiger partial charge in [-0.15, -0.1) is 0 Å². The molecule has 5 heteroatoms. The van der Waals surface area contributed by atoms with Gasteiger partial charge in [-0.2, -0.15) is 0 Å². The second kappa shape index (κ2) is 8.17. The van der Waals surface area contributed by atoms with Crippen molar-refractivity contribution in [1.29, 1.82) is 0 Å². The van der Waals surface area contributed by atoms with Crippen LogP contribution in [0.3, 0.4) is 0 Å². The number of aliphatic carboxylic acids is 1. The van der Waals surface area contributed by atoms with Crippen molar-refractivity contribution < 1.29 is 19.4 Å². The van der Waals surface area contributed by atoms with E-state index >= 15 is 0 Å². The zero-order valence-corrected chi connectivity index (χ0v) is 12.5. The summed E-state index contributed by atoms with van der Waals surface area (Å²) >= 11 is 6.12. The van der Waals surface area contributed by atoms with Crippen molar-refractivity contribution in [3.8, 4) is 0 Å². The van der Waals surface area contributed by atoms with Gasteiger partial charge in [-0.1, -0.05) is 42.0 Å². The number of benzene rings is 1. The summed E-state index contributed by atoms with van der Waals surface area (Å²) in [7, 11) is 0. The van der Waals surface area contributed by atoms with Crippen molar-refractivity contribution in [2.75, 3.05) is 13.2 Å². The van der Waals surface area contributed by atoms with Crippen LogP contribution in [0.25, 0.3) is 0 Å². The van der Waals surface area contributed by atoms with Crippen LogP contribution in [-0.2, 0) is 14.3 Å². The highest BCUT2D eigenvalue weighted by Crippen LogP contribution is 2.30. The van der Waals surface area contributed by atoms with E-state index in [9.17, 15) is 4.79 Å². The van der Waals surface area contributed by atoms with Gasteiger partial charge in [-0.3, -0.25) is 4.79 Å². The van der Waals surface area contributed by atoms with E-state index in [1.54, 1.807) is 0 Å². The number of hydrogen-bond donors (Lipinski definition) is 1. The highest BCUT2D eigenvalue weighted by Gasteiger charge is 2.24. The molecule has 1 N–H and O–H groups in total. The zero-order valence-electron chi connectivity index (χ0n) is 11.7. The average Bonchev–Trinajstić information content (AvgIpc) is 2.48. The molecule has 0 amide bonds. The number of carbonyl (C=O) groups is 1. The number of halogens is 1. The van der Waals surface area contributed by atoms with E-state index in [4.69, 9.17) is 26.2 Å². The fourth-order valence-electron chi connectivity index (χ4n) is 2.14. The summed E-state index contributed by atoms with van der Waals surface area (Å²) in [6, 6.07) is 7.50. The van der Waals surface area contributed by atoms with Crippen molar-refractivity contribution >= 4 is 17.6 Å². The molecule has 1 fully saturated rings. The van der Waals surface area contributed by atoms with Crippen LogP contribution in [0.4, 0.5) is 0 Å². The molecule has 0 unspecified atom stereocenters. The van der Waals surface area contributed by atoms with E-state index in [1.165, 1.54) is 0 Å². The lowest BCUT2D eigenvalue weighted by Gasteiger charge is -2.29. The number of hydrogen-bond acceptors (Lipinski definition) is 3.